The summed E-state index contributed by atoms with van der Waals surface area (Å²) < 4.78 is 13.4. The Kier molecular flexibility index (Phi) is 4.58. The summed E-state index contributed by atoms with van der Waals surface area (Å²) in [7, 11) is 0. The largest absolute Gasteiger partial charge is 0.393 e. The molecule has 0 amide bonds. The molecule has 0 bridgehead atoms. The van der Waals surface area contributed by atoms with Crippen LogP contribution in [0.5, 0.6) is 0 Å². The fourth-order valence-corrected chi connectivity index (χ4v) is 10.3. The molecule has 4 aliphatic carbocycles. The van der Waals surface area contributed by atoms with E-state index in [0.29, 0.717) is 34.7 Å². The van der Waals surface area contributed by atoms with Gasteiger partial charge in [0.2, 0.25) is 0 Å². The molecule has 1 spiro atoms. The summed E-state index contributed by atoms with van der Waals surface area (Å²) in [6.07, 6.45) is 12.9. The van der Waals surface area contributed by atoms with Crippen LogP contribution in [0.25, 0.3) is 0 Å². The molecule has 3 heteroatoms. The summed E-state index contributed by atoms with van der Waals surface area (Å²) in [5, 5.41) is 10.3. The lowest BCUT2D eigenvalue weighted by atomic mass is 9.44. The predicted molar refractivity (Wildman–Crippen MR) is 118 cm³/mol. The van der Waals surface area contributed by atoms with Gasteiger partial charge in [-0.3, -0.25) is 0 Å². The molecule has 1 N–H and O–H groups in total. The number of hydrogen-bond donors (Lipinski definition) is 1. The second-order valence-electron chi connectivity index (χ2n) is 13.1. The Morgan fingerprint density at radius 3 is 2.40 bits per heavy atom. The van der Waals surface area contributed by atoms with E-state index < -0.39 is 0 Å². The highest BCUT2D eigenvalue weighted by Gasteiger charge is 2.69. The Labute approximate surface area is 183 Å². The first-order valence-electron chi connectivity index (χ1n) is 13.3. The number of aliphatic hydroxyl groups is 1. The van der Waals surface area contributed by atoms with Gasteiger partial charge in [0.1, 0.15) is 0 Å². The standard InChI is InChI=1S/C27H44O3/c1-16-7-12-27(29-15-16)17(2)24-23(30-27)14-22-20-6-5-18-13-19(28)8-10-25(18,3)21(20)9-11-26(22,24)4/h16-24,28H,5-15H2,1-4H3/t16-,17-,18+,19-,20+,21-,22-,23?,24?,25-,26+,27?/m0/s1. The van der Waals surface area contributed by atoms with E-state index in [1.165, 1.54) is 44.9 Å². The van der Waals surface area contributed by atoms with Crippen LogP contribution in [0.1, 0.15) is 91.9 Å². The van der Waals surface area contributed by atoms with E-state index in [1.807, 2.05) is 0 Å². The summed E-state index contributed by atoms with van der Waals surface area (Å²) in [6, 6.07) is 0. The third-order valence-electron chi connectivity index (χ3n) is 11.9. The van der Waals surface area contributed by atoms with E-state index in [0.717, 1.165) is 49.5 Å². The van der Waals surface area contributed by atoms with Gasteiger partial charge in [-0.2, -0.15) is 0 Å². The van der Waals surface area contributed by atoms with Crippen molar-refractivity contribution < 1.29 is 14.6 Å². The minimum absolute atomic E-state index is 0.0389. The monoisotopic (exact) mass is 416 g/mol. The Morgan fingerprint density at radius 2 is 1.63 bits per heavy atom. The first-order chi connectivity index (χ1) is 14.3. The highest BCUT2D eigenvalue weighted by Crippen LogP contribution is 2.71. The van der Waals surface area contributed by atoms with Crippen molar-refractivity contribution in [3.05, 3.63) is 0 Å². The Balaban J connectivity index is 1.26. The SMILES string of the molecule is C[C@H]1CCC2(OC1)OC1C[C@H]3[C@@H]4CC[C@@H]5C[C@@H](O)CC[C@]5(C)[C@H]4CC[C@@]3(C)C1[C@@H]2C. The van der Waals surface area contributed by atoms with Gasteiger partial charge in [0, 0.05) is 12.3 Å². The molecule has 12 atom stereocenters. The van der Waals surface area contributed by atoms with Gasteiger partial charge in [0.05, 0.1) is 18.8 Å². The molecule has 2 aliphatic heterocycles. The molecule has 0 aromatic heterocycles. The highest BCUT2D eigenvalue weighted by atomic mass is 16.7. The quantitative estimate of drug-likeness (QED) is 0.543. The first-order valence-corrected chi connectivity index (χ1v) is 13.3. The van der Waals surface area contributed by atoms with Crippen molar-refractivity contribution in [3.63, 3.8) is 0 Å². The van der Waals surface area contributed by atoms with Gasteiger partial charge in [-0.25, -0.2) is 0 Å². The van der Waals surface area contributed by atoms with E-state index in [4.69, 9.17) is 9.47 Å². The molecular formula is C27H44O3. The molecule has 6 rings (SSSR count). The Morgan fingerprint density at radius 1 is 0.833 bits per heavy atom. The average molecular weight is 417 g/mol. The minimum Gasteiger partial charge on any atom is -0.393 e. The fraction of sp³-hybridized carbons (Fsp3) is 1.00. The molecule has 4 saturated carbocycles. The zero-order valence-corrected chi connectivity index (χ0v) is 19.7. The van der Waals surface area contributed by atoms with Crippen LogP contribution in [-0.2, 0) is 9.47 Å². The second-order valence-corrected chi connectivity index (χ2v) is 13.1. The number of rotatable bonds is 0. The van der Waals surface area contributed by atoms with Crippen molar-refractivity contribution in [1.82, 2.24) is 0 Å². The maximum absolute atomic E-state index is 10.3. The highest BCUT2D eigenvalue weighted by molar-refractivity contribution is 5.15. The Hall–Kier alpha value is -0.120. The van der Waals surface area contributed by atoms with Crippen molar-refractivity contribution >= 4 is 0 Å². The van der Waals surface area contributed by atoms with Crippen molar-refractivity contribution in [3.8, 4) is 0 Å². The van der Waals surface area contributed by atoms with Crippen LogP contribution < -0.4 is 0 Å². The number of fused-ring (bicyclic) bond motifs is 7. The fourth-order valence-electron chi connectivity index (χ4n) is 10.3. The summed E-state index contributed by atoms with van der Waals surface area (Å²) in [5.41, 5.74) is 0.899. The molecule has 0 radical (unpaired) electrons. The zero-order valence-electron chi connectivity index (χ0n) is 19.7. The van der Waals surface area contributed by atoms with Crippen LogP contribution in [-0.4, -0.2) is 29.7 Å². The maximum atomic E-state index is 10.3. The number of ether oxygens (including phenoxy) is 2. The third-order valence-corrected chi connectivity index (χ3v) is 11.9. The van der Waals surface area contributed by atoms with Crippen LogP contribution in [0, 0.1) is 52.3 Å². The smallest absolute Gasteiger partial charge is 0.171 e. The lowest BCUT2D eigenvalue weighted by Gasteiger charge is -2.61. The van der Waals surface area contributed by atoms with Gasteiger partial charge >= 0.3 is 0 Å². The van der Waals surface area contributed by atoms with Gasteiger partial charge in [0.15, 0.2) is 5.79 Å². The molecule has 6 aliphatic rings. The summed E-state index contributed by atoms with van der Waals surface area (Å²) in [6.45, 7) is 10.9. The van der Waals surface area contributed by atoms with Crippen molar-refractivity contribution in [1.29, 1.82) is 0 Å². The van der Waals surface area contributed by atoms with Gasteiger partial charge in [-0.1, -0.05) is 27.7 Å². The van der Waals surface area contributed by atoms with Gasteiger partial charge in [0.25, 0.3) is 0 Å². The van der Waals surface area contributed by atoms with Crippen LogP contribution in [0.15, 0.2) is 0 Å². The van der Waals surface area contributed by atoms with Crippen LogP contribution >= 0.6 is 0 Å². The van der Waals surface area contributed by atoms with Crippen LogP contribution in [0.3, 0.4) is 0 Å². The molecule has 30 heavy (non-hydrogen) atoms. The summed E-state index contributed by atoms with van der Waals surface area (Å²) in [5.74, 6) is 4.93. The molecule has 6 fully saturated rings. The van der Waals surface area contributed by atoms with E-state index in [9.17, 15) is 5.11 Å². The molecule has 0 aromatic carbocycles. The van der Waals surface area contributed by atoms with E-state index >= 15 is 0 Å². The molecule has 2 saturated heterocycles. The van der Waals surface area contributed by atoms with Gasteiger partial charge < -0.3 is 14.6 Å². The van der Waals surface area contributed by atoms with Crippen molar-refractivity contribution in [2.24, 2.45) is 52.3 Å². The molecule has 2 heterocycles. The molecule has 170 valence electrons. The van der Waals surface area contributed by atoms with E-state index in [-0.39, 0.29) is 11.9 Å². The van der Waals surface area contributed by atoms with E-state index in [2.05, 4.69) is 27.7 Å². The first kappa shape index (κ1) is 20.5. The number of aliphatic hydroxyl groups excluding tert-OH is 1. The lowest BCUT2D eigenvalue weighted by molar-refractivity contribution is -0.273. The van der Waals surface area contributed by atoms with Gasteiger partial charge in [-0.15, -0.1) is 0 Å². The zero-order chi connectivity index (χ0) is 20.9. The second kappa shape index (κ2) is 6.70. The predicted octanol–water partition coefficient (Wildman–Crippen LogP) is 5.79. The van der Waals surface area contributed by atoms with Crippen LogP contribution in [0.4, 0.5) is 0 Å². The van der Waals surface area contributed by atoms with Crippen molar-refractivity contribution in [2.75, 3.05) is 6.61 Å². The van der Waals surface area contributed by atoms with E-state index in [1.54, 1.807) is 0 Å². The Bertz CT molecular complexity index is 684. The molecule has 3 unspecified atom stereocenters. The maximum Gasteiger partial charge on any atom is 0.171 e. The minimum atomic E-state index is -0.282. The van der Waals surface area contributed by atoms with Crippen LogP contribution in [0.2, 0.25) is 0 Å². The number of hydrogen-bond acceptors (Lipinski definition) is 3. The molecule has 3 nitrogen and oxygen atoms in total. The normalized spacial score (nSPS) is 62.5. The van der Waals surface area contributed by atoms with Crippen molar-refractivity contribution in [2.45, 2.75) is 110 Å². The topological polar surface area (TPSA) is 38.7 Å². The molecular weight excluding hydrogens is 372 g/mol. The summed E-state index contributed by atoms with van der Waals surface area (Å²) in [4.78, 5) is 0. The average Bonchev–Trinajstić information content (AvgIpc) is 3.16. The molecule has 0 aromatic rings. The lowest BCUT2D eigenvalue weighted by Crippen LogP contribution is -2.55. The third kappa shape index (κ3) is 2.61. The van der Waals surface area contributed by atoms with Gasteiger partial charge in [-0.05, 0) is 104 Å². The summed E-state index contributed by atoms with van der Waals surface area (Å²) >= 11 is 0.